The fourth-order valence-corrected chi connectivity index (χ4v) is 5.84. The number of urea groups is 1. The third kappa shape index (κ3) is 7.06. The number of carbonyl (C=O) groups excluding carboxylic acids is 2. The molecule has 0 spiro atoms. The molecule has 0 aliphatic carbocycles. The van der Waals surface area contributed by atoms with Gasteiger partial charge in [0.25, 0.3) is 5.91 Å². The first-order valence-corrected chi connectivity index (χ1v) is 15.6. The van der Waals surface area contributed by atoms with E-state index in [-0.39, 0.29) is 17.4 Å². The zero-order chi connectivity index (χ0) is 31.6. The molecule has 1 fully saturated rings. The number of nitrogens with zero attached hydrogens (tertiary/aromatic N) is 4. The summed E-state index contributed by atoms with van der Waals surface area (Å²) in [7, 11) is 0. The van der Waals surface area contributed by atoms with Crippen molar-refractivity contribution < 1.29 is 9.59 Å². The Balaban J connectivity index is 1.06. The SMILES string of the molecule is Cc1ccc(-n2nc(C(C)(C)C)cc2NC(=O)Nc2cccc(CC3CCN(C(=O)c4ccc5ncccc5c4)CC3)c2)cc1. The number of likely N-dealkylation sites (tertiary alicyclic amines) is 1. The van der Waals surface area contributed by atoms with Gasteiger partial charge in [-0.15, -0.1) is 0 Å². The van der Waals surface area contributed by atoms with Gasteiger partial charge >= 0.3 is 6.03 Å². The lowest BCUT2D eigenvalue weighted by Crippen LogP contribution is -2.38. The van der Waals surface area contributed by atoms with Gasteiger partial charge in [-0.05, 0) is 86.2 Å². The fraction of sp³-hybridized carbons (Fsp3) is 0.297. The molecule has 2 N–H and O–H groups in total. The molecule has 3 amide bonds. The van der Waals surface area contributed by atoms with Gasteiger partial charge in [0.05, 0.1) is 16.9 Å². The second kappa shape index (κ2) is 12.6. The van der Waals surface area contributed by atoms with Gasteiger partial charge in [0.2, 0.25) is 0 Å². The number of carbonyl (C=O) groups is 2. The topological polar surface area (TPSA) is 92.2 Å². The van der Waals surface area contributed by atoms with Gasteiger partial charge in [-0.1, -0.05) is 56.7 Å². The van der Waals surface area contributed by atoms with Crippen LogP contribution in [0.5, 0.6) is 0 Å². The molecule has 3 heterocycles. The number of pyridine rings is 1. The Morgan fingerprint density at radius 3 is 2.42 bits per heavy atom. The van der Waals surface area contributed by atoms with E-state index in [1.807, 2.05) is 90.7 Å². The van der Waals surface area contributed by atoms with Crippen LogP contribution in [-0.2, 0) is 11.8 Å². The van der Waals surface area contributed by atoms with Crippen molar-refractivity contribution in [2.75, 3.05) is 23.7 Å². The molecule has 8 heteroatoms. The van der Waals surface area contributed by atoms with Crippen LogP contribution in [0.2, 0.25) is 0 Å². The Hall–Kier alpha value is -4.98. The number of benzene rings is 3. The van der Waals surface area contributed by atoms with Crippen LogP contribution in [0.1, 0.15) is 60.8 Å². The summed E-state index contributed by atoms with van der Waals surface area (Å²) in [5.74, 6) is 1.16. The summed E-state index contributed by atoms with van der Waals surface area (Å²) in [4.78, 5) is 32.7. The number of piperidine rings is 1. The summed E-state index contributed by atoms with van der Waals surface area (Å²) in [5, 5.41) is 11.8. The molecule has 1 saturated heterocycles. The van der Waals surface area contributed by atoms with E-state index in [0.29, 0.717) is 17.3 Å². The van der Waals surface area contributed by atoms with Crippen LogP contribution >= 0.6 is 0 Å². The first kappa shape index (κ1) is 30.1. The lowest BCUT2D eigenvalue weighted by atomic mass is 9.89. The third-order valence-corrected chi connectivity index (χ3v) is 8.46. The third-order valence-electron chi connectivity index (χ3n) is 8.46. The Kier molecular flexibility index (Phi) is 8.39. The summed E-state index contributed by atoms with van der Waals surface area (Å²) >= 11 is 0. The molecule has 0 bridgehead atoms. The van der Waals surface area contributed by atoms with Crippen LogP contribution in [0.3, 0.4) is 0 Å². The van der Waals surface area contributed by atoms with Crippen molar-refractivity contribution >= 4 is 34.3 Å². The molecule has 230 valence electrons. The molecule has 3 aromatic carbocycles. The Morgan fingerprint density at radius 2 is 1.67 bits per heavy atom. The number of hydrogen-bond donors (Lipinski definition) is 2. The quantitative estimate of drug-likeness (QED) is 0.208. The van der Waals surface area contributed by atoms with E-state index in [9.17, 15) is 9.59 Å². The normalized spacial score (nSPS) is 14.0. The number of aryl methyl sites for hydroxylation is 1. The van der Waals surface area contributed by atoms with Crippen LogP contribution in [0.15, 0.2) is 91.1 Å². The van der Waals surface area contributed by atoms with Crippen molar-refractivity contribution in [2.45, 2.75) is 52.4 Å². The number of amides is 3. The second-order valence-corrected chi connectivity index (χ2v) is 13.0. The minimum absolute atomic E-state index is 0.0785. The predicted octanol–water partition coefficient (Wildman–Crippen LogP) is 7.77. The number of hydrogen-bond acceptors (Lipinski definition) is 4. The van der Waals surface area contributed by atoms with Gasteiger partial charge < -0.3 is 10.2 Å². The Morgan fingerprint density at radius 1 is 0.889 bits per heavy atom. The highest BCUT2D eigenvalue weighted by Crippen LogP contribution is 2.28. The van der Waals surface area contributed by atoms with E-state index in [1.54, 1.807) is 10.9 Å². The van der Waals surface area contributed by atoms with Crippen molar-refractivity contribution in [2.24, 2.45) is 5.92 Å². The molecule has 8 nitrogen and oxygen atoms in total. The largest absolute Gasteiger partial charge is 0.339 e. The first-order valence-electron chi connectivity index (χ1n) is 15.6. The maximum absolute atomic E-state index is 13.2. The molecule has 0 unspecified atom stereocenters. The van der Waals surface area contributed by atoms with Gasteiger partial charge in [-0.25, -0.2) is 9.48 Å². The maximum Gasteiger partial charge on any atom is 0.324 e. The van der Waals surface area contributed by atoms with Gasteiger partial charge in [-0.3, -0.25) is 15.1 Å². The number of rotatable bonds is 6. The second-order valence-electron chi connectivity index (χ2n) is 13.0. The minimum atomic E-state index is -0.322. The average Bonchev–Trinajstić information content (AvgIpc) is 3.45. The summed E-state index contributed by atoms with van der Waals surface area (Å²) in [6.07, 6.45) is 4.55. The summed E-state index contributed by atoms with van der Waals surface area (Å²) in [6, 6.07) is 27.3. The average molecular weight is 601 g/mol. The summed E-state index contributed by atoms with van der Waals surface area (Å²) in [6.45, 7) is 9.84. The molecule has 1 aliphatic heterocycles. The summed E-state index contributed by atoms with van der Waals surface area (Å²) in [5.41, 5.74) is 6.27. The highest BCUT2D eigenvalue weighted by molar-refractivity contribution is 5.99. The van der Waals surface area contributed by atoms with E-state index < -0.39 is 0 Å². The highest BCUT2D eigenvalue weighted by atomic mass is 16.2. The van der Waals surface area contributed by atoms with Gasteiger partial charge in [0.1, 0.15) is 5.82 Å². The Labute approximate surface area is 264 Å². The van der Waals surface area contributed by atoms with Crippen LogP contribution in [0.4, 0.5) is 16.3 Å². The van der Waals surface area contributed by atoms with Gasteiger partial charge in [0.15, 0.2) is 0 Å². The molecule has 0 atom stereocenters. The van der Waals surface area contributed by atoms with Gasteiger partial charge in [-0.2, -0.15) is 5.10 Å². The number of anilines is 2. The van der Waals surface area contributed by atoms with Crippen LogP contribution in [0.25, 0.3) is 16.6 Å². The summed E-state index contributed by atoms with van der Waals surface area (Å²) < 4.78 is 1.78. The van der Waals surface area contributed by atoms with E-state index in [0.717, 1.165) is 65.9 Å². The molecule has 1 aliphatic rings. The fourth-order valence-electron chi connectivity index (χ4n) is 5.84. The molecule has 6 rings (SSSR count). The molecule has 0 saturated carbocycles. The number of aromatic nitrogens is 3. The molecule has 45 heavy (non-hydrogen) atoms. The first-order chi connectivity index (χ1) is 21.6. The van der Waals surface area contributed by atoms with E-state index in [4.69, 9.17) is 5.10 Å². The molecular formula is C37H40N6O2. The van der Waals surface area contributed by atoms with Crippen LogP contribution in [0, 0.1) is 12.8 Å². The zero-order valence-corrected chi connectivity index (χ0v) is 26.4. The monoisotopic (exact) mass is 600 g/mol. The lowest BCUT2D eigenvalue weighted by molar-refractivity contribution is 0.0690. The minimum Gasteiger partial charge on any atom is -0.339 e. The van der Waals surface area contributed by atoms with Crippen LogP contribution in [-0.4, -0.2) is 44.7 Å². The maximum atomic E-state index is 13.2. The number of fused-ring (bicyclic) bond motifs is 1. The zero-order valence-electron chi connectivity index (χ0n) is 26.4. The molecular weight excluding hydrogens is 560 g/mol. The van der Waals surface area contributed by atoms with Crippen molar-refractivity contribution in [3.8, 4) is 5.69 Å². The van der Waals surface area contributed by atoms with Crippen molar-refractivity contribution in [3.05, 3.63) is 114 Å². The smallest absolute Gasteiger partial charge is 0.324 e. The van der Waals surface area contributed by atoms with E-state index in [1.165, 1.54) is 5.56 Å². The van der Waals surface area contributed by atoms with Crippen molar-refractivity contribution in [1.29, 1.82) is 0 Å². The van der Waals surface area contributed by atoms with E-state index >= 15 is 0 Å². The molecule has 0 radical (unpaired) electrons. The highest BCUT2D eigenvalue weighted by Gasteiger charge is 2.25. The van der Waals surface area contributed by atoms with E-state index in [2.05, 4.69) is 42.5 Å². The van der Waals surface area contributed by atoms with Gasteiger partial charge in [0, 0.05) is 47.4 Å². The molecule has 2 aromatic heterocycles. The Bertz CT molecular complexity index is 1830. The van der Waals surface area contributed by atoms with Crippen LogP contribution < -0.4 is 10.6 Å². The molecule has 5 aromatic rings. The predicted molar refractivity (Wildman–Crippen MR) is 180 cm³/mol. The lowest BCUT2D eigenvalue weighted by Gasteiger charge is -2.32. The standard InChI is InChI=1S/C37H40N6O2/c1-25-10-13-31(14-11-25)43-34(24-33(41-43)37(2,3)4)40-36(45)39-30-9-5-7-27(22-30)21-26-16-19-42(20-17-26)35(44)29-12-15-32-28(23-29)8-6-18-38-32/h5-15,18,22-24,26H,16-17,19-21H2,1-4H3,(H2,39,40,45). The van der Waals surface area contributed by atoms with Crippen molar-refractivity contribution in [1.82, 2.24) is 19.7 Å². The number of nitrogens with one attached hydrogen (secondary N) is 2. The van der Waals surface area contributed by atoms with Crippen molar-refractivity contribution in [3.63, 3.8) is 0 Å².